The van der Waals surface area contributed by atoms with Crippen molar-refractivity contribution >= 4 is 16.8 Å². The van der Waals surface area contributed by atoms with Crippen molar-refractivity contribution in [2.75, 3.05) is 7.11 Å². The summed E-state index contributed by atoms with van der Waals surface area (Å²) in [5.41, 5.74) is 3.72. The average molecular weight is 470 g/mol. The van der Waals surface area contributed by atoms with Gasteiger partial charge in [-0.3, -0.25) is 14.2 Å². The highest BCUT2D eigenvalue weighted by Crippen LogP contribution is 2.25. The Morgan fingerprint density at radius 1 is 1.03 bits per heavy atom. The van der Waals surface area contributed by atoms with E-state index in [1.54, 1.807) is 29.9 Å². The molecule has 1 atom stereocenters. The third kappa shape index (κ3) is 4.83. The quantitative estimate of drug-likeness (QED) is 0.419. The number of ether oxygens (including phenoxy) is 1. The largest absolute Gasteiger partial charge is 0.497 e. The van der Waals surface area contributed by atoms with Gasteiger partial charge in [0.2, 0.25) is 0 Å². The molecule has 0 aliphatic rings. The Morgan fingerprint density at radius 2 is 1.71 bits per heavy atom. The van der Waals surface area contributed by atoms with E-state index in [9.17, 15) is 9.59 Å². The van der Waals surface area contributed by atoms with Crippen LogP contribution >= 0.6 is 0 Å². The number of fused-ring (bicyclic) bond motifs is 1. The molecule has 35 heavy (non-hydrogen) atoms. The summed E-state index contributed by atoms with van der Waals surface area (Å²) in [6.07, 6.45) is 0. The third-order valence-corrected chi connectivity index (χ3v) is 6.20. The molecule has 4 rings (SSSR count). The molecular formula is C29H31N3O3. The smallest absolute Gasteiger partial charge is 0.266 e. The van der Waals surface area contributed by atoms with Crippen LogP contribution in [0.3, 0.4) is 0 Å². The van der Waals surface area contributed by atoms with Crippen molar-refractivity contribution < 1.29 is 9.53 Å². The first kappa shape index (κ1) is 24.2. The van der Waals surface area contributed by atoms with E-state index in [-0.39, 0.29) is 16.9 Å². The summed E-state index contributed by atoms with van der Waals surface area (Å²) in [4.78, 5) is 31.6. The molecule has 1 unspecified atom stereocenters. The molecule has 0 radical (unpaired) electrons. The van der Waals surface area contributed by atoms with Gasteiger partial charge in [0.25, 0.3) is 11.5 Å². The lowest BCUT2D eigenvalue weighted by Crippen LogP contribution is -2.33. The third-order valence-electron chi connectivity index (χ3n) is 6.20. The predicted molar refractivity (Wildman–Crippen MR) is 140 cm³/mol. The fourth-order valence-electron chi connectivity index (χ4n) is 4.15. The Balaban J connectivity index is 1.76. The van der Waals surface area contributed by atoms with Gasteiger partial charge < -0.3 is 10.1 Å². The van der Waals surface area contributed by atoms with Gasteiger partial charge in [0, 0.05) is 5.56 Å². The minimum Gasteiger partial charge on any atom is -0.497 e. The molecule has 0 aliphatic heterocycles. The van der Waals surface area contributed by atoms with E-state index >= 15 is 0 Å². The van der Waals surface area contributed by atoms with Crippen molar-refractivity contribution in [1.29, 1.82) is 0 Å². The minimum absolute atomic E-state index is 0.00347. The molecule has 4 aromatic rings. The lowest BCUT2D eigenvalue weighted by Gasteiger charge is -2.22. The standard InChI is InChI=1S/C29H31N3O3/c1-18-17-20(29(3,4)5)11-16-23(18)27(33)30-19(2)26-31-25-10-8-7-9-24(25)28(34)32(26)21-12-14-22(35-6)15-13-21/h7-17,19H,1-6H3,(H,30,33). The van der Waals surface area contributed by atoms with Crippen LogP contribution in [0, 0.1) is 6.92 Å². The van der Waals surface area contributed by atoms with Crippen molar-refractivity contribution in [2.45, 2.75) is 46.1 Å². The average Bonchev–Trinajstić information content (AvgIpc) is 2.83. The molecule has 0 spiro atoms. The van der Waals surface area contributed by atoms with E-state index < -0.39 is 6.04 Å². The normalized spacial score (nSPS) is 12.4. The van der Waals surface area contributed by atoms with Crippen LogP contribution in [0.2, 0.25) is 0 Å². The molecule has 0 saturated carbocycles. The lowest BCUT2D eigenvalue weighted by atomic mass is 9.85. The predicted octanol–water partition coefficient (Wildman–Crippen LogP) is 5.49. The molecule has 3 aromatic carbocycles. The molecule has 0 bridgehead atoms. The van der Waals surface area contributed by atoms with E-state index in [0.29, 0.717) is 33.7 Å². The molecule has 6 heteroatoms. The van der Waals surface area contributed by atoms with E-state index in [2.05, 4.69) is 32.2 Å². The van der Waals surface area contributed by atoms with Crippen LogP contribution in [0.25, 0.3) is 16.6 Å². The molecule has 6 nitrogen and oxygen atoms in total. The van der Waals surface area contributed by atoms with Crippen molar-refractivity contribution in [3.8, 4) is 11.4 Å². The molecule has 0 saturated heterocycles. The number of amides is 1. The van der Waals surface area contributed by atoms with Gasteiger partial charge in [0.1, 0.15) is 11.6 Å². The molecule has 1 N–H and O–H groups in total. The van der Waals surface area contributed by atoms with Gasteiger partial charge in [-0.1, -0.05) is 45.0 Å². The highest BCUT2D eigenvalue weighted by atomic mass is 16.5. The van der Waals surface area contributed by atoms with E-state index in [1.807, 2.05) is 56.3 Å². The summed E-state index contributed by atoms with van der Waals surface area (Å²) >= 11 is 0. The Morgan fingerprint density at radius 3 is 2.34 bits per heavy atom. The summed E-state index contributed by atoms with van der Waals surface area (Å²) < 4.78 is 6.82. The van der Waals surface area contributed by atoms with Crippen LogP contribution in [0.15, 0.2) is 71.5 Å². The summed E-state index contributed by atoms with van der Waals surface area (Å²) in [6, 6.07) is 19.8. The number of nitrogens with one attached hydrogen (secondary N) is 1. The second kappa shape index (κ2) is 9.37. The number of aryl methyl sites for hydroxylation is 1. The van der Waals surface area contributed by atoms with Crippen LogP contribution in [0.4, 0.5) is 0 Å². The summed E-state index contributed by atoms with van der Waals surface area (Å²) in [7, 11) is 1.60. The van der Waals surface area contributed by atoms with Gasteiger partial charge in [-0.25, -0.2) is 4.98 Å². The lowest BCUT2D eigenvalue weighted by molar-refractivity contribution is 0.0937. The van der Waals surface area contributed by atoms with Crippen molar-refractivity contribution in [3.63, 3.8) is 0 Å². The second-order valence-corrected chi connectivity index (χ2v) is 9.80. The Bertz CT molecular complexity index is 1450. The van der Waals surface area contributed by atoms with E-state index in [0.717, 1.165) is 5.56 Å². The molecular weight excluding hydrogens is 438 g/mol. The number of benzene rings is 3. The maximum atomic E-state index is 13.5. The van der Waals surface area contributed by atoms with Crippen LogP contribution in [0.5, 0.6) is 5.75 Å². The zero-order valence-corrected chi connectivity index (χ0v) is 21.0. The summed E-state index contributed by atoms with van der Waals surface area (Å²) in [5.74, 6) is 0.933. The summed E-state index contributed by atoms with van der Waals surface area (Å²) in [6.45, 7) is 10.2. The van der Waals surface area contributed by atoms with Crippen molar-refractivity contribution in [1.82, 2.24) is 14.9 Å². The van der Waals surface area contributed by atoms with Gasteiger partial charge in [-0.05, 0) is 72.9 Å². The van der Waals surface area contributed by atoms with Crippen LogP contribution < -0.4 is 15.6 Å². The second-order valence-electron chi connectivity index (χ2n) is 9.80. The maximum Gasteiger partial charge on any atom is 0.266 e. The number of methoxy groups -OCH3 is 1. The van der Waals surface area contributed by atoms with Crippen molar-refractivity contribution in [3.05, 3.63) is 99.6 Å². The van der Waals surface area contributed by atoms with Gasteiger partial charge in [0.05, 0.1) is 29.7 Å². The minimum atomic E-state index is -0.524. The first-order valence-corrected chi connectivity index (χ1v) is 11.7. The van der Waals surface area contributed by atoms with Crippen LogP contribution in [-0.4, -0.2) is 22.6 Å². The zero-order valence-electron chi connectivity index (χ0n) is 21.0. The van der Waals surface area contributed by atoms with Gasteiger partial charge in [-0.2, -0.15) is 0 Å². The Labute approximate surface area is 205 Å². The molecule has 1 heterocycles. The molecule has 0 aliphatic carbocycles. The first-order valence-electron chi connectivity index (χ1n) is 11.7. The van der Waals surface area contributed by atoms with E-state index in [1.165, 1.54) is 5.56 Å². The highest BCUT2D eigenvalue weighted by Gasteiger charge is 2.22. The fourth-order valence-corrected chi connectivity index (χ4v) is 4.15. The molecule has 0 fully saturated rings. The number of hydrogen-bond donors (Lipinski definition) is 1. The highest BCUT2D eigenvalue weighted by molar-refractivity contribution is 5.96. The van der Waals surface area contributed by atoms with Gasteiger partial charge >= 0.3 is 0 Å². The topological polar surface area (TPSA) is 73.2 Å². The van der Waals surface area contributed by atoms with Gasteiger partial charge in [-0.15, -0.1) is 0 Å². The molecule has 1 aromatic heterocycles. The zero-order chi connectivity index (χ0) is 25.3. The number of aromatic nitrogens is 2. The summed E-state index contributed by atoms with van der Waals surface area (Å²) in [5, 5.41) is 3.56. The van der Waals surface area contributed by atoms with Crippen LogP contribution in [-0.2, 0) is 5.41 Å². The van der Waals surface area contributed by atoms with Gasteiger partial charge in [0.15, 0.2) is 0 Å². The number of hydrogen-bond acceptors (Lipinski definition) is 4. The number of carbonyl (C=O) groups excluding carboxylic acids is 1. The number of para-hydroxylation sites is 1. The Kier molecular flexibility index (Phi) is 6.48. The molecule has 180 valence electrons. The first-order chi connectivity index (χ1) is 16.6. The molecule has 1 amide bonds. The Hall–Kier alpha value is -3.93. The SMILES string of the molecule is COc1ccc(-n2c(C(C)NC(=O)c3ccc(C(C)(C)C)cc3C)nc3ccccc3c2=O)cc1. The fraction of sp³-hybridized carbons (Fsp3) is 0.276. The number of carbonyl (C=O) groups is 1. The van der Waals surface area contributed by atoms with Crippen molar-refractivity contribution in [2.24, 2.45) is 0 Å². The number of rotatable bonds is 5. The number of nitrogens with zero attached hydrogens (tertiary/aromatic N) is 2. The maximum absolute atomic E-state index is 13.5. The van der Waals surface area contributed by atoms with Crippen LogP contribution in [0.1, 0.15) is 61.0 Å². The van der Waals surface area contributed by atoms with E-state index in [4.69, 9.17) is 9.72 Å². The monoisotopic (exact) mass is 469 g/mol.